The third-order valence-electron chi connectivity index (χ3n) is 4.43. The van der Waals surface area contributed by atoms with Crippen molar-refractivity contribution in [1.82, 2.24) is 37.2 Å². The van der Waals surface area contributed by atoms with Gasteiger partial charge in [0.1, 0.15) is 12.6 Å². The Hall–Kier alpha value is -4.32. The van der Waals surface area contributed by atoms with Gasteiger partial charge in [0.15, 0.2) is 0 Å². The van der Waals surface area contributed by atoms with E-state index in [0.717, 1.165) is 0 Å². The van der Waals surface area contributed by atoms with E-state index in [1.165, 1.54) is 0 Å². The second-order valence-corrected chi connectivity index (χ2v) is 7.60. The molecule has 0 bridgehead atoms. The predicted octanol–water partition coefficient (Wildman–Crippen LogP) is -6.66. The molecule has 12 N–H and O–H groups in total. The molecule has 7 amide bonds. The molecular formula is C20H35N9O9. The number of unbranched alkanes of at least 4 members (excludes halogenated alkanes) is 1. The third-order valence-corrected chi connectivity index (χ3v) is 4.43. The number of nitrogens with two attached hydrogens (primary N) is 2. The standard InChI is InChI=1S/C20H35N9O9/c21-4-2-1-3-12(29-18(35)10-26-14(31)6-23-13(30)5-22)20(38)28-9-17(34)25-7-15(32)24-8-16(33)27-11-19(36)37/h12H,1-11,21-22H2,(H,23,30)(H,24,32)(H,25,34)(H,26,31)(H,27,33)(H,28,38)(H,29,35)(H,36,37). The van der Waals surface area contributed by atoms with Gasteiger partial charge < -0.3 is 53.8 Å². The lowest BCUT2D eigenvalue weighted by atomic mass is 10.1. The summed E-state index contributed by atoms with van der Waals surface area (Å²) >= 11 is 0. The molecule has 0 spiro atoms. The number of rotatable bonds is 19. The van der Waals surface area contributed by atoms with Crippen LogP contribution in [-0.4, -0.2) is 111 Å². The first-order valence-electron chi connectivity index (χ1n) is 11.5. The number of aliphatic carboxylic acids is 1. The van der Waals surface area contributed by atoms with Crippen molar-refractivity contribution in [2.24, 2.45) is 11.5 Å². The third kappa shape index (κ3) is 18.0. The van der Waals surface area contributed by atoms with Gasteiger partial charge in [0, 0.05) is 0 Å². The van der Waals surface area contributed by atoms with Crippen molar-refractivity contribution >= 4 is 47.3 Å². The Balaban J connectivity index is 4.51. The van der Waals surface area contributed by atoms with Crippen molar-refractivity contribution in [1.29, 1.82) is 0 Å². The van der Waals surface area contributed by atoms with Crippen molar-refractivity contribution in [2.75, 3.05) is 52.4 Å². The largest absolute Gasteiger partial charge is 0.480 e. The van der Waals surface area contributed by atoms with E-state index in [1.54, 1.807) is 0 Å². The van der Waals surface area contributed by atoms with Crippen LogP contribution in [0.25, 0.3) is 0 Å². The van der Waals surface area contributed by atoms with Crippen molar-refractivity contribution in [3.05, 3.63) is 0 Å². The van der Waals surface area contributed by atoms with Crippen molar-refractivity contribution < 1.29 is 43.5 Å². The van der Waals surface area contributed by atoms with Gasteiger partial charge in [0.05, 0.1) is 39.3 Å². The molecule has 0 aromatic carbocycles. The van der Waals surface area contributed by atoms with Crippen LogP contribution in [0.4, 0.5) is 0 Å². The number of nitrogens with one attached hydrogen (secondary N) is 7. The summed E-state index contributed by atoms with van der Waals surface area (Å²) in [5, 5.41) is 24.2. The minimum absolute atomic E-state index is 0.198. The number of amides is 7. The number of carbonyl (C=O) groups excluding carboxylic acids is 7. The fraction of sp³-hybridized carbons (Fsp3) is 0.600. The SMILES string of the molecule is NCCCCC(NC(=O)CNC(=O)CNC(=O)CN)C(=O)NCC(=O)NCC(=O)NCC(=O)NCC(=O)O. The molecule has 0 fully saturated rings. The molecule has 18 heteroatoms. The molecule has 0 radical (unpaired) electrons. The predicted molar refractivity (Wildman–Crippen MR) is 130 cm³/mol. The van der Waals surface area contributed by atoms with E-state index in [2.05, 4.69) is 31.9 Å². The molecule has 1 unspecified atom stereocenters. The second kappa shape index (κ2) is 19.8. The number of carbonyl (C=O) groups is 8. The Labute approximate surface area is 217 Å². The fourth-order valence-electron chi connectivity index (χ4n) is 2.51. The molecule has 38 heavy (non-hydrogen) atoms. The molecule has 1 atom stereocenters. The van der Waals surface area contributed by atoms with Crippen LogP contribution in [0.1, 0.15) is 19.3 Å². The monoisotopic (exact) mass is 545 g/mol. The van der Waals surface area contributed by atoms with E-state index in [-0.39, 0.29) is 19.5 Å². The minimum atomic E-state index is -1.25. The number of hydrogen-bond acceptors (Lipinski definition) is 10. The van der Waals surface area contributed by atoms with Crippen molar-refractivity contribution in [3.8, 4) is 0 Å². The van der Waals surface area contributed by atoms with Gasteiger partial charge >= 0.3 is 5.97 Å². The van der Waals surface area contributed by atoms with Gasteiger partial charge in [-0.15, -0.1) is 0 Å². The lowest BCUT2D eigenvalue weighted by molar-refractivity contribution is -0.137. The normalized spacial score (nSPS) is 10.8. The maximum atomic E-state index is 12.5. The molecule has 0 aliphatic rings. The number of carboxylic acid groups (broad SMARTS) is 1. The first-order valence-corrected chi connectivity index (χ1v) is 11.5. The van der Waals surface area contributed by atoms with Crippen LogP contribution in [-0.2, 0) is 38.4 Å². The summed E-state index contributed by atoms with van der Waals surface area (Å²) in [7, 11) is 0. The molecule has 0 saturated heterocycles. The molecule has 0 aromatic rings. The van der Waals surface area contributed by atoms with Crippen LogP contribution < -0.4 is 48.7 Å². The van der Waals surface area contributed by atoms with E-state index in [0.29, 0.717) is 19.4 Å². The number of carboxylic acids is 1. The summed E-state index contributed by atoms with van der Waals surface area (Å²) < 4.78 is 0. The first-order chi connectivity index (χ1) is 18.0. The highest BCUT2D eigenvalue weighted by Crippen LogP contribution is 2.01. The molecule has 18 nitrogen and oxygen atoms in total. The van der Waals surface area contributed by atoms with Gasteiger partial charge in [-0.05, 0) is 25.8 Å². The molecule has 214 valence electrons. The van der Waals surface area contributed by atoms with E-state index < -0.39 is 86.1 Å². The van der Waals surface area contributed by atoms with Gasteiger partial charge in [0.2, 0.25) is 41.4 Å². The number of hydrogen-bond donors (Lipinski definition) is 10. The molecule has 0 aromatic heterocycles. The molecular weight excluding hydrogens is 510 g/mol. The van der Waals surface area contributed by atoms with E-state index in [9.17, 15) is 38.4 Å². The zero-order valence-corrected chi connectivity index (χ0v) is 20.7. The van der Waals surface area contributed by atoms with Crippen LogP contribution >= 0.6 is 0 Å². The van der Waals surface area contributed by atoms with E-state index >= 15 is 0 Å². The highest BCUT2D eigenvalue weighted by molar-refractivity contribution is 5.93. The fourth-order valence-corrected chi connectivity index (χ4v) is 2.51. The molecule has 0 aliphatic carbocycles. The summed E-state index contributed by atoms with van der Waals surface area (Å²) in [6, 6.07) is -1.04. The summed E-state index contributed by atoms with van der Waals surface area (Å²) in [6.45, 7) is -2.92. The van der Waals surface area contributed by atoms with Gasteiger partial charge in [0.25, 0.3) is 0 Å². The zero-order valence-electron chi connectivity index (χ0n) is 20.7. The average molecular weight is 546 g/mol. The topological polar surface area (TPSA) is 293 Å². The molecule has 0 aliphatic heterocycles. The molecule has 0 rings (SSSR count). The Kier molecular flexibility index (Phi) is 17.6. The van der Waals surface area contributed by atoms with E-state index in [1.807, 2.05) is 5.32 Å². The van der Waals surface area contributed by atoms with Crippen LogP contribution in [0.5, 0.6) is 0 Å². The van der Waals surface area contributed by atoms with Gasteiger partial charge in [-0.2, -0.15) is 0 Å². The summed E-state index contributed by atoms with van der Waals surface area (Å²) in [4.78, 5) is 92.7. The summed E-state index contributed by atoms with van der Waals surface area (Å²) in [6.07, 6.45) is 1.25. The Morgan fingerprint density at radius 2 is 0.974 bits per heavy atom. The quantitative estimate of drug-likeness (QED) is 0.0680. The van der Waals surface area contributed by atoms with Gasteiger partial charge in [-0.25, -0.2) is 0 Å². The van der Waals surface area contributed by atoms with Gasteiger partial charge in [-0.1, -0.05) is 0 Å². The smallest absolute Gasteiger partial charge is 0.322 e. The van der Waals surface area contributed by atoms with Crippen LogP contribution in [0.15, 0.2) is 0 Å². The molecule has 0 saturated carbocycles. The minimum Gasteiger partial charge on any atom is -0.480 e. The lowest BCUT2D eigenvalue weighted by Crippen LogP contribution is -2.52. The van der Waals surface area contributed by atoms with Crippen molar-refractivity contribution in [3.63, 3.8) is 0 Å². The summed E-state index contributed by atoms with van der Waals surface area (Å²) in [5.41, 5.74) is 10.6. The highest BCUT2D eigenvalue weighted by Gasteiger charge is 2.21. The maximum Gasteiger partial charge on any atom is 0.322 e. The first kappa shape index (κ1) is 33.7. The maximum absolute atomic E-state index is 12.5. The average Bonchev–Trinajstić information content (AvgIpc) is 2.89. The Bertz CT molecular complexity index is 867. The molecule has 0 heterocycles. The van der Waals surface area contributed by atoms with E-state index in [4.69, 9.17) is 16.6 Å². The highest BCUT2D eigenvalue weighted by atomic mass is 16.4. The second-order valence-electron chi connectivity index (χ2n) is 7.60. The van der Waals surface area contributed by atoms with Crippen LogP contribution in [0, 0.1) is 0 Å². The Morgan fingerprint density at radius 1 is 0.553 bits per heavy atom. The zero-order chi connectivity index (χ0) is 28.9. The summed E-state index contributed by atoms with van der Waals surface area (Å²) in [5.74, 6) is -6.03. The lowest BCUT2D eigenvalue weighted by Gasteiger charge is -2.18. The van der Waals surface area contributed by atoms with Gasteiger partial charge in [-0.3, -0.25) is 38.4 Å². The van der Waals surface area contributed by atoms with Crippen molar-refractivity contribution in [2.45, 2.75) is 25.3 Å². The van der Waals surface area contributed by atoms with Crippen LogP contribution in [0.3, 0.4) is 0 Å². The Morgan fingerprint density at radius 3 is 1.42 bits per heavy atom. The van der Waals surface area contributed by atoms with Crippen LogP contribution in [0.2, 0.25) is 0 Å².